The molecule has 1 aliphatic heterocycles. The second-order valence-corrected chi connectivity index (χ2v) is 5.68. The first-order chi connectivity index (χ1) is 8.70. The second-order valence-electron chi connectivity index (χ2n) is 5.12. The van der Waals surface area contributed by atoms with E-state index in [4.69, 9.17) is 4.74 Å². The maximum atomic E-state index is 5.81. The molecule has 1 saturated heterocycles. The van der Waals surface area contributed by atoms with Crippen molar-refractivity contribution in [1.82, 2.24) is 0 Å². The average molecular weight is 312 g/mol. The van der Waals surface area contributed by atoms with Crippen LogP contribution in [-0.4, -0.2) is 26.3 Å². The van der Waals surface area contributed by atoms with Crippen molar-refractivity contribution in [2.45, 2.75) is 37.6 Å². The highest BCUT2D eigenvalue weighted by molar-refractivity contribution is 9.08. The van der Waals surface area contributed by atoms with E-state index in [0.717, 1.165) is 18.5 Å². The fourth-order valence-corrected chi connectivity index (χ4v) is 2.93. The highest BCUT2D eigenvalue weighted by Crippen LogP contribution is 2.23. The Labute approximate surface area is 118 Å². The Bertz CT molecular complexity index is 388. The Kier molecular flexibility index (Phi) is 5.07. The third kappa shape index (κ3) is 3.48. The molecule has 1 fully saturated rings. The van der Waals surface area contributed by atoms with Crippen LogP contribution in [0.15, 0.2) is 18.2 Å². The lowest BCUT2D eigenvalue weighted by Gasteiger charge is -2.29. The minimum absolute atomic E-state index is 0.402. The third-order valence-electron chi connectivity index (χ3n) is 3.58. The quantitative estimate of drug-likeness (QED) is 0.782. The van der Waals surface area contributed by atoms with Crippen LogP contribution in [0, 0.1) is 6.92 Å². The molecule has 1 atom stereocenters. The van der Waals surface area contributed by atoms with E-state index in [9.17, 15) is 0 Å². The van der Waals surface area contributed by atoms with Gasteiger partial charge in [-0.1, -0.05) is 28.1 Å². The van der Waals surface area contributed by atoms with Crippen molar-refractivity contribution in [2.24, 2.45) is 0 Å². The first kappa shape index (κ1) is 13.9. The van der Waals surface area contributed by atoms with Crippen molar-refractivity contribution in [3.8, 4) is 0 Å². The van der Waals surface area contributed by atoms with Crippen LogP contribution in [0.3, 0.4) is 0 Å². The van der Waals surface area contributed by atoms with Gasteiger partial charge >= 0.3 is 0 Å². The summed E-state index contributed by atoms with van der Waals surface area (Å²) in [5.41, 5.74) is 3.98. The van der Waals surface area contributed by atoms with E-state index in [1.807, 2.05) is 0 Å². The van der Waals surface area contributed by atoms with E-state index in [2.05, 4.69) is 53.0 Å². The van der Waals surface area contributed by atoms with Crippen LogP contribution >= 0.6 is 15.9 Å². The van der Waals surface area contributed by atoms with Gasteiger partial charge in [-0.25, -0.2) is 0 Å². The normalized spacial score (nSPS) is 19.8. The number of alkyl halides is 1. The zero-order chi connectivity index (χ0) is 13.0. The molecule has 0 spiro atoms. The van der Waals surface area contributed by atoms with Crippen molar-refractivity contribution < 1.29 is 4.74 Å². The molecule has 0 aromatic heterocycles. The molecule has 1 unspecified atom stereocenters. The predicted octanol–water partition coefficient (Wildman–Crippen LogP) is 3.90. The molecule has 0 amide bonds. The van der Waals surface area contributed by atoms with Crippen LogP contribution in [0.2, 0.25) is 0 Å². The summed E-state index contributed by atoms with van der Waals surface area (Å²) < 4.78 is 5.81. The van der Waals surface area contributed by atoms with Gasteiger partial charge in [-0.05, 0) is 43.4 Å². The Morgan fingerprint density at radius 3 is 2.83 bits per heavy atom. The number of anilines is 1. The molecule has 0 radical (unpaired) electrons. The topological polar surface area (TPSA) is 12.5 Å². The maximum absolute atomic E-state index is 5.81. The standard InChI is InChI=1S/C15H22BrNO/c1-12-9-13(10-16)6-7-15(12)17(2)11-14-5-3-4-8-18-14/h6-7,9,14H,3-5,8,10-11H2,1-2H3. The molecule has 2 nitrogen and oxygen atoms in total. The van der Waals surface area contributed by atoms with Crippen molar-refractivity contribution in [1.29, 1.82) is 0 Å². The summed E-state index contributed by atoms with van der Waals surface area (Å²) in [6.45, 7) is 4.11. The lowest BCUT2D eigenvalue weighted by atomic mass is 10.1. The van der Waals surface area contributed by atoms with Crippen LogP contribution in [0.5, 0.6) is 0 Å². The highest BCUT2D eigenvalue weighted by Gasteiger charge is 2.16. The summed E-state index contributed by atoms with van der Waals surface area (Å²) in [5, 5.41) is 0.920. The van der Waals surface area contributed by atoms with Crippen molar-refractivity contribution >= 4 is 21.6 Å². The summed E-state index contributed by atoms with van der Waals surface area (Å²) in [6.07, 6.45) is 4.13. The number of nitrogens with zero attached hydrogens (tertiary/aromatic N) is 1. The van der Waals surface area contributed by atoms with Gasteiger partial charge < -0.3 is 9.64 Å². The Balaban J connectivity index is 2.01. The molecule has 0 bridgehead atoms. The molecule has 1 heterocycles. The van der Waals surface area contributed by atoms with E-state index in [0.29, 0.717) is 6.10 Å². The number of hydrogen-bond acceptors (Lipinski definition) is 2. The number of rotatable bonds is 4. The summed E-state index contributed by atoms with van der Waals surface area (Å²) in [5.74, 6) is 0. The van der Waals surface area contributed by atoms with Gasteiger partial charge in [0, 0.05) is 31.2 Å². The van der Waals surface area contributed by atoms with Crippen LogP contribution in [-0.2, 0) is 10.1 Å². The van der Waals surface area contributed by atoms with Crippen LogP contribution in [0.25, 0.3) is 0 Å². The van der Waals surface area contributed by atoms with E-state index in [1.54, 1.807) is 0 Å². The zero-order valence-electron chi connectivity index (χ0n) is 11.3. The average Bonchev–Trinajstić information content (AvgIpc) is 2.39. The number of hydrogen-bond donors (Lipinski definition) is 0. The highest BCUT2D eigenvalue weighted by atomic mass is 79.9. The van der Waals surface area contributed by atoms with Gasteiger partial charge in [0.15, 0.2) is 0 Å². The number of ether oxygens (including phenoxy) is 1. The molecule has 0 N–H and O–H groups in total. The smallest absolute Gasteiger partial charge is 0.0749 e. The van der Waals surface area contributed by atoms with E-state index < -0.39 is 0 Å². The number of halogens is 1. The van der Waals surface area contributed by atoms with Gasteiger partial charge in [0.1, 0.15) is 0 Å². The molecule has 0 saturated carbocycles. The molecular formula is C15H22BrNO. The van der Waals surface area contributed by atoms with Crippen molar-refractivity contribution in [3.63, 3.8) is 0 Å². The molecule has 100 valence electrons. The van der Waals surface area contributed by atoms with Gasteiger partial charge in [-0.15, -0.1) is 0 Å². The van der Waals surface area contributed by atoms with Crippen molar-refractivity contribution in [3.05, 3.63) is 29.3 Å². The molecule has 0 aliphatic carbocycles. The van der Waals surface area contributed by atoms with Gasteiger partial charge in [-0.3, -0.25) is 0 Å². The van der Waals surface area contributed by atoms with Crippen LogP contribution < -0.4 is 4.90 Å². The minimum atomic E-state index is 0.402. The van der Waals surface area contributed by atoms with Gasteiger partial charge in [0.25, 0.3) is 0 Å². The molecule has 1 aliphatic rings. The SMILES string of the molecule is Cc1cc(CBr)ccc1N(C)CC1CCCCO1. The second kappa shape index (κ2) is 6.58. The van der Waals surface area contributed by atoms with Gasteiger partial charge in [0.05, 0.1) is 6.10 Å². The summed E-state index contributed by atoms with van der Waals surface area (Å²) in [6, 6.07) is 6.66. The summed E-state index contributed by atoms with van der Waals surface area (Å²) >= 11 is 3.50. The minimum Gasteiger partial charge on any atom is -0.376 e. The van der Waals surface area contributed by atoms with E-state index in [-0.39, 0.29) is 0 Å². The van der Waals surface area contributed by atoms with E-state index in [1.165, 1.54) is 36.1 Å². The van der Waals surface area contributed by atoms with Gasteiger partial charge in [0.2, 0.25) is 0 Å². The fourth-order valence-electron chi connectivity index (χ4n) is 2.58. The maximum Gasteiger partial charge on any atom is 0.0749 e. The molecule has 1 aromatic rings. The van der Waals surface area contributed by atoms with Crippen LogP contribution in [0.1, 0.15) is 30.4 Å². The molecular weight excluding hydrogens is 290 g/mol. The Hall–Kier alpha value is -0.540. The zero-order valence-corrected chi connectivity index (χ0v) is 12.9. The monoisotopic (exact) mass is 311 g/mol. The molecule has 2 rings (SSSR count). The fraction of sp³-hybridized carbons (Fsp3) is 0.600. The lowest BCUT2D eigenvalue weighted by molar-refractivity contribution is 0.0216. The van der Waals surface area contributed by atoms with Crippen molar-refractivity contribution in [2.75, 3.05) is 25.1 Å². The number of benzene rings is 1. The number of likely N-dealkylation sites (N-methyl/N-ethyl adjacent to an activating group) is 1. The predicted molar refractivity (Wildman–Crippen MR) is 80.7 cm³/mol. The third-order valence-corrected chi connectivity index (χ3v) is 4.23. The van der Waals surface area contributed by atoms with E-state index >= 15 is 0 Å². The Morgan fingerprint density at radius 2 is 2.22 bits per heavy atom. The lowest BCUT2D eigenvalue weighted by Crippen LogP contribution is -2.33. The summed E-state index contributed by atoms with van der Waals surface area (Å²) in [7, 11) is 2.16. The molecule has 18 heavy (non-hydrogen) atoms. The van der Waals surface area contributed by atoms with Crippen LogP contribution in [0.4, 0.5) is 5.69 Å². The molecule has 3 heteroatoms. The summed E-state index contributed by atoms with van der Waals surface area (Å²) in [4.78, 5) is 2.32. The number of aryl methyl sites for hydroxylation is 1. The first-order valence-electron chi connectivity index (χ1n) is 6.69. The Morgan fingerprint density at radius 1 is 1.39 bits per heavy atom. The largest absolute Gasteiger partial charge is 0.376 e. The molecule has 1 aromatic carbocycles. The van der Waals surface area contributed by atoms with Gasteiger partial charge in [-0.2, -0.15) is 0 Å². The first-order valence-corrected chi connectivity index (χ1v) is 7.81.